The van der Waals surface area contributed by atoms with Crippen LogP contribution >= 0.6 is 11.8 Å². The molecule has 2 heterocycles. The number of hydrogen-bond acceptors (Lipinski definition) is 6. The zero-order valence-corrected chi connectivity index (χ0v) is 17.7. The summed E-state index contributed by atoms with van der Waals surface area (Å²) in [5.41, 5.74) is 0.392. The number of aryl methyl sites for hydroxylation is 1. The summed E-state index contributed by atoms with van der Waals surface area (Å²) >= 11 is 1.31. The first-order valence-electron chi connectivity index (χ1n) is 9.48. The third-order valence-electron chi connectivity index (χ3n) is 4.17. The maximum absolute atomic E-state index is 14.3. The minimum atomic E-state index is -0.407. The molecule has 1 aromatic carbocycles. The van der Waals surface area contributed by atoms with Crippen LogP contribution in [0.25, 0.3) is 11.4 Å². The number of nitrogens with zero attached hydrogens (tertiary/aromatic N) is 4. The number of carbonyl (C=O) groups is 1. The molecule has 0 spiro atoms. The molecule has 29 heavy (non-hydrogen) atoms. The van der Waals surface area contributed by atoms with Gasteiger partial charge in [0.2, 0.25) is 5.91 Å². The summed E-state index contributed by atoms with van der Waals surface area (Å²) in [6.07, 6.45) is 0.580. The number of halogens is 1. The van der Waals surface area contributed by atoms with Gasteiger partial charge in [-0.3, -0.25) is 4.79 Å². The molecule has 0 saturated carbocycles. The molecule has 0 radical (unpaired) electrons. The molecule has 0 saturated heterocycles. The summed E-state index contributed by atoms with van der Waals surface area (Å²) in [5.74, 6) is 1.20. The molecule has 0 aliphatic heterocycles. The van der Waals surface area contributed by atoms with Gasteiger partial charge in [0.25, 0.3) is 0 Å². The van der Waals surface area contributed by atoms with Crippen LogP contribution in [0.5, 0.6) is 0 Å². The minimum Gasteiger partial charge on any atom is -0.360 e. The number of benzene rings is 1. The van der Waals surface area contributed by atoms with Crippen molar-refractivity contribution in [1.29, 1.82) is 0 Å². The maximum atomic E-state index is 14.3. The number of rotatable bonds is 8. The van der Waals surface area contributed by atoms with Crippen LogP contribution in [0.3, 0.4) is 0 Å². The van der Waals surface area contributed by atoms with Gasteiger partial charge in [0.1, 0.15) is 11.6 Å². The van der Waals surface area contributed by atoms with Gasteiger partial charge in [0.15, 0.2) is 16.8 Å². The topological polar surface area (TPSA) is 85.8 Å². The van der Waals surface area contributed by atoms with Crippen molar-refractivity contribution >= 4 is 23.5 Å². The molecule has 1 unspecified atom stereocenters. The second-order valence-electron chi connectivity index (χ2n) is 7.12. The summed E-state index contributed by atoms with van der Waals surface area (Å²) in [5, 5.41) is 15.2. The van der Waals surface area contributed by atoms with E-state index in [-0.39, 0.29) is 11.7 Å². The Morgan fingerprint density at radius 3 is 2.69 bits per heavy atom. The van der Waals surface area contributed by atoms with Gasteiger partial charge >= 0.3 is 0 Å². The van der Waals surface area contributed by atoms with E-state index in [0.717, 1.165) is 0 Å². The Bertz CT molecular complexity index is 985. The lowest BCUT2D eigenvalue weighted by Crippen LogP contribution is -2.25. The monoisotopic (exact) mass is 417 g/mol. The lowest BCUT2D eigenvalue weighted by molar-refractivity contribution is -0.115. The van der Waals surface area contributed by atoms with Gasteiger partial charge in [0, 0.05) is 12.6 Å². The highest BCUT2D eigenvalue weighted by molar-refractivity contribution is 8.00. The number of nitrogens with one attached hydrogen (secondary N) is 1. The highest BCUT2D eigenvalue weighted by Crippen LogP contribution is 2.30. The second kappa shape index (κ2) is 9.21. The lowest BCUT2D eigenvalue weighted by atomic mass is 10.2. The van der Waals surface area contributed by atoms with Gasteiger partial charge in [-0.1, -0.05) is 49.8 Å². The standard InChI is InChI=1S/C20H24FN5O2S/c1-5-16(19(27)22-17-10-13(4)28-25-17)29-20-24-23-18(26(20)11-12(2)3)14-8-6-7-9-15(14)21/h6-10,12,16H,5,11H2,1-4H3,(H,22,25,27). The van der Waals surface area contributed by atoms with Crippen LogP contribution in [-0.2, 0) is 11.3 Å². The van der Waals surface area contributed by atoms with E-state index in [1.165, 1.54) is 17.8 Å². The van der Waals surface area contributed by atoms with Crippen molar-refractivity contribution in [2.24, 2.45) is 5.92 Å². The van der Waals surface area contributed by atoms with E-state index in [2.05, 4.69) is 34.5 Å². The van der Waals surface area contributed by atoms with Crippen LogP contribution in [-0.4, -0.2) is 31.1 Å². The average Bonchev–Trinajstić information content (AvgIpc) is 3.25. The Morgan fingerprint density at radius 2 is 2.07 bits per heavy atom. The number of thioether (sulfide) groups is 1. The Kier molecular flexibility index (Phi) is 6.68. The van der Waals surface area contributed by atoms with Crippen LogP contribution in [0.4, 0.5) is 10.2 Å². The molecule has 154 valence electrons. The van der Waals surface area contributed by atoms with E-state index in [0.29, 0.717) is 47.0 Å². The van der Waals surface area contributed by atoms with Crippen molar-refractivity contribution in [1.82, 2.24) is 19.9 Å². The highest BCUT2D eigenvalue weighted by Gasteiger charge is 2.25. The summed E-state index contributed by atoms with van der Waals surface area (Å²) in [6.45, 7) is 8.42. The van der Waals surface area contributed by atoms with E-state index in [4.69, 9.17) is 4.52 Å². The molecule has 0 aliphatic rings. The number of hydrogen-bond donors (Lipinski definition) is 1. The number of aromatic nitrogens is 4. The number of carbonyl (C=O) groups excluding carboxylic acids is 1. The average molecular weight is 418 g/mol. The highest BCUT2D eigenvalue weighted by atomic mass is 32.2. The molecule has 0 aliphatic carbocycles. The Labute approximate surface area is 173 Å². The van der Waals surface area contributed by atoms with Crippen molar-refractivity contribution in [2.75, 3.05) is 5.32 Å². The molecule has 3 aromatic rings. The third-order valence-corrected chi connectivity index (χ3v) is 5.51. The first-order chi connectivity index (χ1) is 13.9. The molecular weight excluding hydrogens is 393 g/mol. The fourth-order valence-electron chi connectivity index (χ4n) is 2.83. The molecule has 3 rings (SSSR count). The first kappa shape index (κ1) is 21.0. The quantitative estimate of drug-likeness (QED) is 0.541. The fraction of sp³-hybridized carbons (Fsp3) is 0.400. The van der Waals surface area contributed by atoms with Gasteiger partial charge in [-0.2, -0.15) is 0 Å². The molecule has 0 bridgehead atoms. The van der Waals surface area contributed by atoms with Gasteiger partial charge in [-0.25, -0.2) is 4.39 Å². The summed E-state index contributed by atoms with van der Waals surface area (Å²) < 4.78 is 21.2. The van der Waals surface area contributed by atoms with E-state index in [1.807, 2.05) is 11.5 Å². The molecule has 1 N–H and O–H groups in total. The number of anilines is 1. The van der Waals surface area contributed by atoms with Crippen molar-refractivity contribution in [3.05, 3.63) is 41.9 Å². The van der Waals surface area contributed by atoms with E-state index >= 15 is 0 Å². The summed E-state index contributed by atoms with van der Waals surface area (Å²) in [6, 6.07) is 8.15. The normalized spacial score (nSPS) is 12.3. The predicted octanol–water partition coefficient (Wildman–Crippen LogP) is 4.55. The fourth-order valence-corrected chi connectivity index (χ4v) is 3.79. The van der Waals surface area contributed by atoms with Gasteiger partial charge in [-0.05, 0) is 31.4 Å². The molecule has 7 nitrogen and oxygen atoms in total. The van der Waals surface area contributed by atoms with Gasteiger partial charge in [0.05, 0.1) is 10.8 Å². The molecular formula is C20H24FN5O2S. The van der Waals surface area contributed by atoms with Gasteiger partial charge < -0.3 is 14.4 Å². The molecule has 1 atom stereocenters. The van der Waals surface area contributed by atoms with Crippen LogP contribution in [0.15, 0.2) is 40.0 Å². The van der Waals surface area contributed by atoms with Crippen molar-refractivity contribution in [2.45, 2.75) is 51.1 Å². The molecule has 0 fully saturated rings. The predicted molar refractivity (Wildman–Crippen MR) is 110 cm³/mol. The lowest BCUT2D eigenvalue weighted by Gasteiger charge is -2.16. The maximum Gasteiger partial charge on any atom is 0.239 e. The van der Waals surface area contributed by atoms with Crippen molar-refractivity contribution in [3.63, 3.8) is 0 Å². The van der Waals surface area contributed by atoms with E-state index in [1.54, 1.807) is 31.2 Å². The first-order valence-corrected chi connectivity index (χ1v) is 10.4. The SMILES string of the molecule is CCC(Sc1nnc(-c2ccccc2F)n1CC(C)C)C(=O)Nc1cc(C)on1. The van der Waals surface area contributed by atoms with Crippen LogP contribution in [0.1, 0.15) is 33.0 Å². The summed E-state index contributed by atoms with van der Waals surface area (Å²) in [4.78, 5) is 12.7. The van der Waals surface area contributed by atoms with Crippen molar-refractivity contribution in [3.8, 4) is 11.4 Å². The zero-order valence-electron chi connectivity index (χ0n) is 16.8. The van der Waals surface area contributed by atoms with Crippen molar-refractivity contribution < 1.29 is 13.7 Å². The molecule has 2 aromatic heterocycles. The second-order valence-corrected chi connectivity index (χ2v) is 8.29. The van der Waals surface area contributed by atoms with Crippen LogP contribution in [0, 0.1) is 18.7 Å². The Morgan fingerprint density at radius 1 is 1.31 bits per heavy atom. The Hall–Kier alpha value is -2.68. The zero-order chi connectivity index (χ0) is 21.0. The minimum absolute atomic E-state index is 0.197. The largest absolute Gasteiger partial charge is 0.360 e. The van der Waals surface area contributed by atoms with Crippen LogP contribution in [0.2, 0.25) is 0 Å². The van der Waals surface area contributed by atoms with Crippen LogP contribution < -0.4 is 5.32 Å². The van der Waals surface area contributed by atoms with E-state index in [9.17, 15) is 9.18 Å². The van der Waals surface area contributed by atoms with Gasteiger partial charge in [-0.15, -0.1) is 10.2 Å². The number of amides is 1. The van der Waals surface area contributed by atoms with E-state index < -0.39 is 5.25 Å². The molecule has 1 amide bonds. The smallest absolute Gasteiger partial charge is 0.239 e. The summed E-state index contributed by atoms with van der Waals surface area (Å²) in [7, 11) is 0. The molecule has 9 heteroatoms. The Balaban J connectivity index is 1.86. The third kappa shape index (κ3) is 5.03.